The lowest BCUT2D eigenvalue weighted by atomic mass is 10.2. The van der Waals surface area contributed by atoms with E-state index in [1.165, 1.54) is 29.3 Å². The molecule has 1 N–H and O–H groups in total. The van der Waals surface area contributed by atoms with Crippen molar-refractivity contribution >= 4 is 50.9 Å². The van der Waals surface area contributed by atoms with Crippen molar-refractivity contribution in [1.82, 2.24) is 9.97 Å². The predicted octanol–water partition coefficient (Wildman–Crippen LogP) is 4.70. The third-order valence-electron chi connectivity index (χ3n) is 4.86. The Hall–Kier alpha value is -2.45. The number of aryl methyl sites for hydroxylation is 2. The summed E-state index contributed by atoms with van der Waals surface area (Å²) in [5, 5.41) is 4.77. The number of thioether (sulfide) groups is 1. The van der Waals surface area contributed by atoms with Crippen molar-refractivity contribution in [1.29, 1.82) is 0 Å². The number of carbonyl (C=O) groups excluding carboxylic acids is 2. The average Bonchev–Trinajstić information content (AvgIpc) is 3.52. The Bertz CT molecular complexity index is 1110. The summed E-state index contributed by atoms with van der Waals surface area (Å²) in [5.74, 6) is 0.993. The lowest BCUT2D eigenvalue weighted by Crippen LogP contribution is -2.15. The summed E-state index contributed by atoms with van der Waals surface area (Å²) < 4.78 is 4.72. The summed E-state index contributed by atoms with van der Waals surface area (Å²) in [6, 6.07) is 6.71. The van der Waals surface area contributed by atoms with Crippen LogP contribution in [0.5, 0.6) is 0 Å². The van der Waals surface area contributed by atoms with Crippen LogP contribution in [0.25, 0.3) is 10.2 Å². The molecule has 1 aromatic carbocycles. The molecule has 1 aliphatic rings. The van der Waals surface area contributed by atoms with Crippen LogP contribution < -0.4 is 5.32 Å². The maximum Gasteiger partial charge on any atom is 0.337 e. The molecule has 1 amide bonds. The molecule has 4 rings (SSSR count). The second-order valence-electron chi connectivity index (χ2n) is 7.03. The van der Waals surface area contributed by atoms with Gasteiger partial charge in [0.25, 0.3) is 0 Å². The molecule has 2 heterocycles. The smallest absolute Gasteiger partial charge is 0.337 e. The van der Waals surface area contributed by atoms with Crippen molar-refractivity contribution in [3.05, 3.63) is 46.1 Å². The molecule has 0 saturated heterocycles. The van der Waals surface area contributed by atoms with Gasteiger partial charge < -0.3 is 10.1 Å². The number of methoxy groups -OCH3 is 1. The topological polar surface area (TPSA) is 81.2 Å². The van der Waals surface area contributed by atoms with Crippen molar-refractivity contribution in [2.75, 3.05) is 18.2 Å². The molecule has 8 heteroatoms. The van der Waals surface area contributed by atoms with Crippen molar-refractivity contribution < 1.29 is 14.3 Å². The maximum absolute atomic E-state index is 12.5. The highest BCUT2D eigenvalue weighted by atomic mass is 32.2. The fourth-order valence-electron chi connectivity index (χ4n) is 3.03. The highest BCUT2D eigenvalue weighted by Gasteiger charge is 2.28. The minimum Gasteiger partial charge on any atom is -0.465 e. The van der Waals surface area contributed by atoms with Crippen LogP contribution in [0.15, 0.2) is 29.3 Å². The molecule has 6 nitrogen and oxygen atoms in total. The number of hydrogen-bond donors (Lipinski definition) is 1. The fraction of sp³-hybridized carbons (Fsp3) is 0.333. The molecule has 29 heavy (non-hydrogen) atoms. The van der Waals surface area contributed by atoms with Crippen LogP contribution in [0.2, 0.25) is 0 Å². The Morgan fingerprint density at radius 2 is 2.07 bits per heavy atom. The Kier molecular flexibility index (Phi) is 5.56. The van der Waals surface area contributed by atoms with Gasteiger partial charge in [0.05, 0.1) is 18.4 Å². The van der Waals surface area contributed by atoms with Gasteiger partial charge in [0.2, 0.25) is 5.91 Å². The van der Waals surface area contributed by atoms with Gasteiger partial charge in [-0.1, -0.05) is 17.8 Å². The summed E-state index contributed by atoms with van der Waals surface area (Å²) in [7, 11) is 1.33. The average molecular weight is 428 g/mol. The number of thiophene rings is 1. The van der Waals surface area contributed by atoms with Gasteiger partial charge in [-0.15, -0.1) is 11.3 Å². The summed E-state index contributed by atoms with van der Waals surface area (Å²) in [4.78, 5) is 35.9. The predicted molar refractivity (Wildman–Crippen MR) is 116 cm³/mol. The number of benzene rings is 1. The van der Waals surface area contributed by atoms with E-state index in [1.54, 1.807) is 35.6 Å². The zero-order chi connectivity index (χ0) is 20.5. The quantitative estimate of drug-likeness (QED) is 0.349. The largest absolute Gasteiger partial charge is 0.465 e. The standard InChI is InChI=1S/C21H21N3O3S2/c1-11-12(2)29-20-17(11)19(23-18(24-20)13-7-8-13)28-10-16(25)22-15-6-4-5-14(9-15)21(26)27-3/h4-6,9,13H,7-8,10H2,1-3H3,(H,22,25). The van der Waals surface area contributed by atoms with Gasteiger partial charge in [0.15, 0.2) is 0 Å². The van der Waals surface area contributed by atoms with Crippen molar-refractivity contribution in [2.24, 2.45) is 0 Å². The van der Waals surface area contributed by atoms with Crippen molar-refractivity contribution in [3.8, 4) is 0 Å². The van der Waals surface area contributed by atoms with E-state index in [-0.39, 0.29) is 11.7 Å². The molecule has 0 unspecified atom stereocenters. The number of hydrogen-bond acceptors (Lipinski definition) is 7. The fourth-order valence-corrected chi connectivity index (χ4v) is 5.02. The van der Waals surface area contributed by atoms with Crippen LogP contribution in [0, 0.1) is 13.8 Å². The molecular weight excluding hydrogens is 406 g/mol. The molecule has 1 fully saturated rings. The monoisotopic (exact) mass is 427 g/mol. The summed E-state index contributed by atoms with van der Waals surface area (Å²) in [5.41, 5.74) is 2.14. The van der Waals surface area contributed by atoms with Crippen LogP contribution in [0.4, 0.5) is 5.69 Å². The van der Waals surface area contributed by atoms with Gasteiger partial charge in [-0.3, -0.25) is 4.79 Å². The molecular formula is C21H21N3O3S2. The van der Waals surface area contributed by atoms with E-state index < -0.39 is 5.97 Å². The number of nitrogens with one attached hydrogen (secondary N) is 1. The summed E-state index contributed by atoms with van der Waals surface area (Å²) in [6.07, 6.45) is 2.27. The van der Waals surface area contributed by atoms with E-state index in [0.717, 1.165) is 33.9 Å². The zero-order valence-electron chi connectivity index (χ0n) is 16.4. The van der Waals surface area contributed by atoms with Gasteiger partial charge in [-0.2, -0.15) is 0 Å². The van der Waals surface area contributed by atoms with Gasteiger partial charge >= 0.3 is 5.97 Å². The highest BCUT2D eigenvalue weighted by molar-refractivity contribution is 8.00. The molecule has 0 radical (unpaired) electrons. The van der Waals surface area contributed by atoms with Gasteiger partial charge in [0, 0.05) is 21.9 Å². The Morgan fingerprint density at radius 3 is 2.79 bits per heavy atom. The number of carbonyl (C=O) groups is 2. The normalized spacial score (nSPS) is 13.5. The first-order valence-corrected chi connectivity index (χ1v) is 11.1. The van der Waals surface area contributed by atoms with E-state index in [0.29, 0.717) is 17.2 Å². The molecule has 2 aromatic heterocycles. The molecule has 0 bridgehead atoms. The molecule has 1 saturated carbocycles. The molecule has 0 spiro atoms. The Morgan fingerprint density at radius 1 is 1.28 bits per heavy atom. The molecule has 3 aromatic rings. The van der Waals surface area contributed by atoms with E-state index in [4.69, 9.17) is 14.7 Å². The van der Waals surface area contributed by atoms with E-state index in [2.05, 4.69) is 19.2 Å². The van der Waals surface area contributed by atoms with Crippen LogP contribution in [-0.2, 0) is 9.53 Å². The van der Waals surface area contributed by atoms with Crippen LogP contribution in [-0.4, -0.2) is 34.7 Å². The first kappa shape index (κ1) is 19.8. The molecule has 0 aliphatic heterocycles. The Balaban J connectivity index is 1.51. The minimum atomic E-state index is -0.435. The zero-order valence-corrected chi connectivity index (χ0v) is 18.1. The third-order valence-corrected chi connectivity index (χ3v) is 6.94. The second kappa shape index (κ2) is 8.12. The lowest BCUT2D eigenvalue weighted by molar-refractivity contribution is -0.113. The number of anilines is 1. The molecule has 1 aliphatic carbocycles. The van der Waals surface area contributed by atoms with Crippen LogP contribution in [0.1, 0.15) is 45.4 Å². The van der Waals surface area contributed by atoms with Gasteiger partial charge in [-0.25, -0.2) is 14.8 Å². The first-order chi connectivity index (χ1) is 14.0. The van der Waals surface area contributed by atoms with Crippen molar-refractivity contribution in [3.63, 3.8) is 0 Å². The third kappa shape index (κ3) is 4.28. The Labute approximate surface area is 177 Å². The van der Waals surface area contributed by atoms with E-state index in [9.17, 15) is 9.59 Å². The highest BCUT2D eigenvalue weighted by Crippen LogP contribution is 2.42. The maximum atomic E-state index is 12.5. The summed E-state index contributed by atoms with van der Waals surface area (Å²) >= 11 is 3.12. The minimum absolute atomic E-state index is 0.152. The number of aromatic nitrogens is 2. The van der Waals surface area contributed by atoms with E-state index in [1.807, 2.05) is 0 Å². The number of nitrogens with zero attached hydrogens (tertiary/aromatic N) is 2. The number of ether oxygens (including phenoxy) is 1. The first-order valence-electron chi connectivity index (χ1n) is 9.35. The number of amides is 1. The van der Waals surface area contributed by atoms with Crippen LogP contribution >= 0.6 is 23.1 Å². The molecule has 0 atom stereocenters. The van der Waals surface area contributed by atoms with Gasteiger partial charge in [-0.05, 0) is 50.5 Å². The number of esters is 1. The second-order valence-corrected chi connectivity index (χ2v) is 9.20. The van der Waals surface area contributed by atoms with E-state index >= 15 is 0 Å². The number of fused-ring (bicyclic) bond motifs is 1. The number of rotatable bonds is 6. The van der Waals surface area contributed by atoms with Crippen LogP contribution in [0.3, 0.4) is 0 Å². The van der Waals surface area contributed by atoms with Gasteiger partial charge in [0.1, 0.15) is 15.7 Å². The lowest BCUT2D eigenvalue weighted by Gasteiger charge is -2.08. The SMILES string of the molecule is COC(=O)c1cccc(NC(=O)CSc2nc(C3CC3)nc3sc(C)c(C)c23)c1. The van der Waals surface area contributed by atoms with Crippen molar-refractivity contribution in [2.45, 2.75) is 37.6 Å². The summed E-state index contributed by atoms with van der Waals surface area (Å²) in [6.45, 7) is 4.17. The molecule has 150 valence electrons.